The number of H-pyrrole nitrogens is 1. The van der Waals surface area contributed by atoms with Crippen molar-refractivity contribution in [3.05, 3.63) is 58.9 Å². The van der Waals surface area contributed by atoms with Crippen molar-refractivity contribution in [2.45, 2.75) is 12.3 Å². The second kappa shape index (κ2) is 6.74. The minimum absolute atomic E-state index is 0.0912. The number of hydrogen-bond acceptors (Lipinski definition) is 3. The summed E-state index contributed by atoms with van der Waals surface area (Å²) in [5, 5.41) is 18.8. The van der Waals surface area contributed by atoms with Crippen molar-refractivity contribution in [3.8, 4) is 12.1 Å². The Morgan fingerprint density at radius 2 is 1.86 bits per heavy atom. The number of nitrogens with one attached hydrogen (secondary N) is 1. The second-order valence-corrected chi connectivity index (χ2v) is 5.04. The summed E-state index contributed by atoms with van der Waals surface area (Å²) in [4.78, 5) is 15.1. The largest absolute Gasteiger partial charge is 0.359 e. The monoisotopic (exact) mass is 297 g/mol. The minimum Gasteiger partial charge on any atom is -0.359 e. The molecule has 5 heteroatoms. The third-order valence-corrected chi connectivity index (χ3v) is 3.53. The predicted molar refractivity (Wildman–Crippen MR) is 78.6 cm³/mol. The number of halogens is 1. The van der Waals surface area contributed by atoms with Gasteiger partial charge < -0.3 is 4.98 Å². The molecule has 1 N–H and O–H groups in total. The van der Waals surface area contributed by atoms with Crippen LogP contribution in [-0.4, -0.2) is 10.8 Å². The molecular formula is C16H12ClN3O. The summed E-state index contributed by atoms with van der Waals surface area (Å²) in [5.41, 5.74) is 1.23. The van der Waals surface area contributed by atoms with Crippen LogP contribution in [0, 0.1) is 28.6 Å². The van der Waals surface area contributed by atoms with E-state index in [4.69, 9.17) is 22.1 Å². The number of nitrogens with zero attached hydrogens (tertiary/aromatic N) is 2. The molecule has 104 valence electrons. The molecule has 0 aliphatic rings. The number of benzene rings is 1. The first-order valence-electron chi connectivity index (χ1n) is 6.37. The van der Waals surface area contributed by atoms with E-state index in [0.29, 0.717) is 10.7 Å². The van der Waals surface area contributed by atoms with E-state index in [0.717, 1.165) is 5.56 Å². The molecule has 4 nitrogen and oxygen atoms in total. The van der Waals surface area contributed by atoms with Crippen LogP contribution in [0.3, 0.4) is 0 Å². The minimum atomic E-state index is -0.884. The summed E-state index contributed by atoms with van der Waals surface area (Å²) in [6, 6.07) is 14.2. The summed E-state index contributed by atoms with van der Waals surface area (Å²) < 4.78 is 0. The highest BCUT2D eigenvalue weighted by Crippen LogP contribution is 2.30. The number of aromatic amines is 1. The van der Waals surface area contributed by atoms with Gasteiger partial charge in [-0.2, -0.15) is 10.5 Å². The van der Waals surface area contributed by atoms with Crippen molar-refractivity contribution in [2.75, 3.05) is 0 Å². The van der Waals surface area contributed by atoms with Crippen LogP contribution >= 0.6 is 11.6 Å². The Morgan fingerprint density at radius 1 is 1.19 bits per heavy atom. The summed E-state index contributed by atoms with van der Waals surface area (Å²) in [7, 11) is 0. The number of aromatic nitrogens is 1. The number of carbonyl (C=O) groups excluding carboxylic acids is 1. The van der Waals surface area contributed by atoms with Gasteiger partial charge in [0.1, 0.15) is 5.92 Å². The highest BCUT2D eigenvalue weighted by atomic mass is 35.5. The van der Waals surface area contributed by atoms with Crippen LogP contribution in [0.4, 0.5) is 0 Å². The molecule has 0 fully saturated rings. The van der Waals surface area contributed by atoms with E-state index in [1.807, 2.05) is 12.1 Å². The zero-order valence-corrected chi connectivity index (χ0v) is 11.8. The van der Waals surface area contributed by atoms with Gasteiger partial charge in [0.25, 0.3) is 0 Å². The summed E-state index contributed by atoms with van der Waals surface area (Å²) in [6.07, 6.45) is 1.75. The van der Waals surface area contributed by atoms with Gasteiger partial charge >= 0.3 is 0 Å². The average molecular weight is 298 g/mol. The van der Waals surface area contributed by atoms with Crippen LogP contribution in [0.25, 0.3) is 0 Å². The number of Topliss-reactive ketones (excluding diaryl/α,β-unsaturated/α-hetero) is 1. The fourth-order valence-electron chi connectivity index (χ4n) is 2.16. The first-order chi connectivity index (χ1) is 10.2. The first kappa shape index (κ1) is 14.8. The van der Waals surface area contributed by atoms with Gasteiger partial charge in [-0.1, -0.05) is 23.7 Å². The number of hydrogen-bond donors (Lipinski definition) is 1. The molecule has 1 atom stereocenters. The number of rotatable bonds is 5. The summed E-state index contributed by atoms with van der Waals surface area (Å²) >= 11 is 5.85. The third-order valence-electron chi connectivity index (χ3n) is 3.28. The molecule has 1 heterocycles. The van der Waals surface area contributed by atoms with E-state index in [1.54, 1.807) is 42.6 Å². The van der Waals surface area contributed by atoms with Crippen molar-refractivity contribution in [1.29, 1.82) is 10.5 Å². The van der Waals surface area contributed by atoms with Crippen LogP contribution in [0.2, 0.25) is 5.02 Å². The van der Waals surface area contributed by atoms with Crippen molar-refractivity contribution >= 4 is 17.4 Å². The molecule has 0 unspecified atom stereocenters. The number of ketones is 1. The molecule has 0 amide bonds. The average Bonchev–Trinajstić information content (AvgIpc) is 3.02. The first-order valence-corrected chi connectivity index (χ1v) is 6.74. The molecular weight excluding hydrogens is 286 g/mol. The normalized spacial score (nSPS) is 11.6. The van der Waals surface area contributed by atoms with E-state index in [-0.39, 0.29) is 12.2 Å². The topological polar surface area (TPSA) is 80.4 Å². The van der Waals surface area contributed by atoms with Crippen LogP contribution in [0.15, 0.2) is 42.6 Å². The lowest BCUT2D eigenvalue weighted by Gasteiger charge is -2.17. The van der Waals surface area contributed by atoms with Crippen molar-refractivity contribution in [3.63, 3.8) is 0 Å². The molecule has 21 heavy (non-hydrogen) atoms. The van der Waals surface area contributed by atoms with Gasteiger partial charge in [-0.25, -0.2) is 0 Å². The Balaban J connectivity index is 2.29. The molecule has 0 bridgehead atoms. The number of carbonyl (C=O) groups is 1. The molecule has 2 aromatic rings. The molecule has 0 aliphatic heterocycles. The van der Waals surface area contributed by atoms with E-state index in [1.165, 1.54) is 0 Å². The highest BCUT2D eigenvalue weighted by Gasteiger charge is 2.26. The molecule has 1 aromatic heterocycles. The van der Waals surface area contributed by atoms with Gasteiger partial charge in [-0.05, 0) is 29.8 Å². The Kier molecular flexibility index (Phi) is 4.77. The van der Waals surface area contributed by atoms with E-state index >= 15 is 0 Å². The second-order valence-electron chi connectivity index (χ2n) is 4.61. The SMILES string of the molecule is N#CC(C#N)[C@@H](CC(=O)c1ccc[nH]1)c1ccc(Cl)cc1. The quantitative estimate of drug-likeness (QED) is 0.855. The standard InChI is InChI=1S/C16H12ClN3O/c17-13-5-3-11(4-6-13)14(12(9-18)10-19)8-16(21)15-2-1-7-20-15/h1-7,12,14,20H,8H2/t14-/m0/s1. The maximum absolute atomic E-state index is 12.2. The molecule has 2 rings (SSSR count). The Hall–Kier alpha value is -2.56. The molecule has 0 radical (unpaired) electrons. The Bertz CT molecular complexity index is 679. The van der Waals surface area contributed by atoms with Gasteiger partial charge in [0.15, 0.2) is 5.78 Å². The third kappa shape index (κ3) is 3.51. The van der Waals surface area contributed by atoms with Crippen molar-refractivity contribution < 1.29 is 4.79 Å². The van der Waals surface area contributed by atoms with Gasteiger partial charge in [0.05, 0.1) is 17.8 Å². The Morgan fingerprint density at radius 3 is 2.38 bits per heavy atom. The van der Waals surface area contributed by atoms with Crippen LogP contribution < -0.4 is 0 Å². The van der Waals surface area contributed by atoms with Crippen LogP contribution in [-0.2, 0) is 0 Å². The van der Waals surface area contributed by atoms with E-state index in [9.17, 15) is 4.79 Å². The summed E-state index contributed by atoms with van der Waals surface area (Å²) in [5.74, 6) is -1.49. The zero-order chi connectivity index (χ0) is 15.2. The van der Waals surface area contributed by atoms with Gasteiger partial charge in [0, 0.05) is 23.6 Å². The smallest absolute Gasteiger partial charge is 0.179 e. The lowest BCUT2D eigenvalue weighted by molar-refractivity contribution is 0.0966. The maximum Gasteiger partial charge on any atom is 0.179 e. The van der Waals surface area contributed by atoms with Crippen molar-refractivity contribution in [1.82, 2.24) is 4.98 Å². The predicted octanol–water partition coefficient (Wildman–Crippen LogP) is 3.69. The van der Waals surface area contributed by atoms with E-state index < -0.39 is 11.8 Å². The molecule has 0 saturated heterocycles. The van der Waals surface area contributed by atoms with E-state index in [2.05, 4.69) is 4.98 Å². The lowest BCUT2D eigenvalue weighted by Crippen LogP contribution is -2.15. The van der Waals surface area contributed by atoms with Crippen LogP contribution in [0.1, 0.15) is 28.4 Å². The van der Waals surface area contributed by atoms with Gasteiger partial charge in [-0.15, -0.1) is 0 Å². The van der Waals surface area contributed by atoms with Gasteiger partial charge in [0.2, 0.25) is 0 Å². The van der Waals surface area contributed by atoms with Crippen LogP contribution in [0.5, 0.6) is 0 Å². The molecule has 0 saturated carbocycles. The number of nitriles is 2. The molecule has 1 aromatic carbocycles. The lowest BCUT2D eigenvalue weighted by atomic mass is 9.83. The summed E-state index contributed by atoms with van der Waals surface area (Å²) in [6.45, 7) is 0. The highest BCUT2D eigenvalue weighted by molar-refractivity contribution is 6.30. The Labute approximate surface area is 127 Å². The van der Waals surface area contributed by atoms with Gasteiger partial charge in [-0.3, -0.25) is 4.79 Å². The fraction of sp³-hybridized carbons (Fsp3) is 0.188. The zero-order valence-electron chi connectivity index (χ0n) is 11.1. The molecule has 0 spiro atoms. The fourth-order valence-corrected chi connectivity index (χ4v) is 2.29. The maximum atomic E-state index is 12.2. The molecule has 0 aliphatic carbocycles. The van der Waals surface area contributed by atoms with Crippen molar-refractivity contribution in [2.24, 2.45) is 5.92 Å².